The zero-order valence-electron chi connectivity index (χ0n) is 15.8. The Kier molecular flexibility index (Phi) is 5.72. The number of anilines is 2. The molecular formula is C18H22F3N3O3. The van der Waals surface area contributed by atoms with Gasteiger partial charge in [0.25, 0.3) is 0 Å². The van der Waals surface area contributed by atoms with Crippen LogP contribution < -0.4 is 10.1 Å². The van der Waals surface area contributed by atoms with Gasteiger partial charge in [-0.1, -0.05) is 20.8 Å². The number of carbonyl (C=O) groups is 1. The van der Waals surface area contributed by atoms with Crippen molar-refractivity contribution in [2.75, 3.05) is 19.5 Å². The van der Waals surface area contributed by atoms with Gasteiger partial charge in [-0.15, -0.1) is 0 Å². The molecule has 9 heteroatoms. The number of carbonyl (C=O) groups excluding carboxylic acids is 1. The highest BCUT2D eigenvalue weighted by molar-refractivity contribution is 5.96. The van der Waals surface area contributed by atoms with E-state index in [-0.39, 0.29) is 17.1 Å². The van der Waals surface area contributed by atoms with Gasteiger partial charge in [0.05, 0.1) is 31.2 Å². The molecule has 0 spiro atoms. The largest absolute Gasteiger partial charge is 0.497 e. The highest BCUT2D eigenvalue weighted by atomic mass is 19.4. The summed E-state index contributed by atoms with van der Waals surface area (Å²) in [7, 11) is 2.66. The minimum atomic E-state index is -4.44. The quantitative estimate of drug-likeness (QED) is 0.778. The number of methoxy groups -OCH3 is 2. The lowest BCUT2D eigenvalue weighted by molar-refractivity contribution is -0.142. The molecule has 1 heterocycles. The molecule has 0 bridgehead atoms. The average Bonchev–Trinajstić information content (AvgIpc) is 2.95. The first-order chi connectivity index (χ1) is 12.4. The van der Waals surface area contributed by atoms with Crippen molar-refractivity contribution >= 4 is 17.5 Å². The van der Waals surface area contributed by atoms with Crippen LogP contribution >= 0.6 is 0 Å². The Labute approximate surface area is 155 Å². The number of benzene rings is 1. The Bertz CT molecular complexity index is 823. The van der Waals surface area contributed by atoms with Crippen LogP contribution in [0.4, 0.5) is 24.7 Å². The molecule has 0 saturated heterocycles. The maximum Gasteiger partial charge on any atom is 0.408 e. The number of esters is 1. The van der Waals surface area contributed by atoms with E-state index >= 15 is 0 Å². The van der Waals surface area contributed by atoms with Gasteiger partial charge >= 0.3 is 12.1 Å². The topological polar surface area (TPSA) is 65.4 Å². The second-order valence-corrected chi connectivity index (χ2v) is 6.97. The fourth-order valence-electron chi connectivity index (χ4n) is 2.35. The molecule has 1 aromatic heterocycles. The van der Waals surface area contributed by atoms with Gasteiger partial charge in [0.2, 0.25) is 0 Å². The fraction of sp³-hybridized carbons (Fsp3) is 0.444. The smallest absolute Gasteiger partial charge is 0.408 e. The predicted octanol–water partition coefficient (Wildman–Crippen LogP) is 4.28. The Morgan fingerprint density at radius 2 is 1.85 bits per heavy atom. The molecule has 0 radical (unpaired) electrons. The zero-order chi connectivity index (χ0) is 20.4. The molecule has 2 aromatic rings. The molecule has 0 fully saturated rings. The number of rotatable bonds is 5. The molecule has 1 aromatic carbocycles. The number of halogens is 3. The van der Waals surface area contributed by atoms with Crippen LogP contribution in [0.2, 0.25) is 0 Å². The molecule has 0 unspecified atom stereocenters. The SMILES string of the molecule is COC(=O)c1cc(OC)ccc1Nc1cc(C(C)(C)C)nn1CC(F)(F)F. The van der Waals surface area contributed by atoms with E-state index in [2.05, 4.69) is 10.4 Å². The Hall–Kier alpha value is -2.71. The lowest BCUT2D eigenvalue weighted by atomic mass is 9.92. The summed E-state index contributed by atoms with van der Waals surface area (Å²) < 4.78 is 49.5. The molecule has 0 atom stereocenters. The Morgan fingerprint density at radius 3 is 2.37 bits per heavy atom. The maximum absolute atomic E-state index is 12.9. The van der Waals surface area contributed by atoms with Crippen LogP contribution in [-0.4, -0.2) is 36.1 Å². The molecule has 2 rings (SSSR count). The highest BCUT2D eigenvalue weighted by Crippen LogP contribution is 2.31. The van der Waals surface area contributed by atoms with E-state index in [0.29, 0.717) is 11.4 Å². The summed E-state index contributed by atoms with van der Waals surface area (Å²) in [5, 5.41) is 6.95. The summed E-state index contributed by atoms with van der Waals surface area (Å²) in [5.74, 6) is -0.109. The monoisotopic (exact) mass is 385 g/mol. The molecule has 0 aliphatic carbocycles. The molecule has 27 heavy (non-hydrogen) atoms. The number of aromatic nitrogens is 2. The van der Waals surface area contributed by atoms with Gasteiger partial charge in [-0.25, -0.2) is 9.48 Å². The normalized spacial score (nSPS) is 12.0. The summed E-state index contributed by atoms with van der Waals surface area (Å²) in [6, 6.07) is 6.11. The molecule has 0 amide bonds. The number of hydrogen-bond donors (Lipinski definition) is 1. The Morgan fingerprint density at radius 1 is 1.19 bits per heavy atom. The predicted molar refractivity (Wildman–Crippen MR) is 94.6 cm³/mol. The number of nitrogens with zero attached hydrogens (tertiary/aromatic N) is 2. The van der Waals surface area contributed by atoms with Crippen molar-refractivity contribution in [3.05, 3.63) is 35.5 Å². The van der Waals surface area contributed by atoms with Crippen molar-refractivity contribution in [2.24, 2.45) is 0 Å². The maximum atomic E-state index is 12.9. The van der Waals surface area contributed by atoms with E-state index in [1.807, 2.05) is 20.8 Å². The molecule has 0 aliphatic heterocycles. The lowest BCUT2D eigenvalue weighted by Crippen LogP contribution is -2.21. The molecule has 1 N–H and O–H groups in total. The van der Waals surface area contributed by atoms with Gasteiger partial charge < -0.3 is 14.8 Å². The minimum absolute atomic E-state index is 0.118. The highest BCUT2D eigenvalue weighted by Gasteiger charge is 2.31. The third-order valence-electron chi connectivity index (χ3n) is 3.77. The zero-order valence-corrected chi connectivity index (χ0v) is 15.8. The van der Waals surface area contributed by atoms with E-state index in [9.17, 15) is 18.0 Å². The Balaban J connectivity index is 2.50. The fourth-order valence-corrected chi connectivity index (χ4v) is 2.35. The second kappa shape index (κ2) is 7.50. The standard InChI is InChI=1S/C18H22F3N3O3/c1-17(2,3)14-9-15(24(23-14)10-18(19,20)21)22-13-7-6-11(26-4)8-12(13)16(25)27-5/h6-9,22H,10H2,1-5H3. The number of alkyl halides is 3. The van der Waals surface area contributed by atoms with Crippen molar-refractivity contribution < 1.29 is 27.4 Å². The summed E-state index contributed by atoms with van der Waals surface area (Å²) in [4.78, 5) is 12.1. The van der Waals surface area contributed by atoms with Crippen LogP contribution in [0.25, 0.3) is 0 Å². The third-order valence-corrected chi connectivity index (χ3v) is 3.77. The number of nitrogens with one attached hydrogen (secondary N) is 1. The van der Waals surface area contributed by atoms with Gasteiger partial charge in [-0.05, 0) is 18.2 Å². The summed E-state index contributed by atoms with van der Waals surface area (Å²) in [5.41, 5.74) is 0.459. The molecule has 148 valence electrons. The summed E-state index contributed by atoms with van der Waals surface area (Å²) >= 11 is 0. The van der Waals surface area contributed by atoms with Crippen molar-refractivity contribution in [1.82, 2.24) is 9.78 Å². The van der Waals surface area contributed by atoms with E-state index < -0.39 is 24.1 Å². The van der Waals surface area contributed by atoms with Gasteiger partial charge in [0.1, 0.15) is 18.1 Å². The molecule has 0 aliphatic rings. The van der Waals surface area contributed by atoms with Crippen LogP contribution in [0.15, 0.2) is 24.3 Å². The van der Waals surface area contributed by atoms with E-state index in [1.54, 1.807) is 6.07 Å². The number of ether oxygens (including phenoxy) is 2. The van der Waals surface area contributed by atoms with Crippen molar-refractivity contribution in [1.29, 1.82) is 0 Å². The second-order valence-electron chi connectivity index (χ2n) is 6.97. The third kappa shape index (κ3) is 5.15. The van der Waals surface area contributed by atoms with E-state index in [0.717, 1.165) is 4.68 Å². The number of hydrogen-bond acceptors (Lipinski definition) is 5. The first-order valence-electron chi connectivity index (χ1n) is 8.13. The minimum Gasteiger partial charge on any atom is -0.497 e. The first kappa shape index (κ1) is 20.6. The van der Waals surface area contributed by atoms with Crippen LogP contribution in [0, 0.1) is 0 Å². The van der Waals surface area contributed by atoms with Crippen LogP contribution in [0.5, 0.6) is 5.75 Å². The van der Waals surface area contributed by atoms with Crippen LogP contribution in [0.1, 0.15) is 36.8 Å². The molecule has 6 nitrogen and oxygen atoms in total. The van der Waals surface area contributed by atoms with Crippen molar-refractivity contribution in [3.8, 4) is 5.75 Å². The van der Waals surface area contributed by atoms with E-state index in [4.69, 9.17) is 9.47 Å². The molecular weight excluding hydrogens is 363 g/mol. The van der Waals surface area contributed by atoms with Gasteiger partial charge in [0, 0.05) is 11.5 Å². The average molecular weight is 385 g/mol. The van der Waals surface area contributed by atoms with Crippen LogP contribution in [0.3, 0.4) is 0 Å². The van der Waals surface area contributed by atoms with Gasteiger partial charge in [-0.3, -0.25) is 0 Å². The summed E-state index contributed by atoms with van der Waals surface area (Å²) in [6.45, 7) is 4.30. The first-order valence-corrected chi connectivity index (χ1v) is 8.13. The summed E-state index contributed by atoms with van der Waals surface area (Å²) in [6.07, 6.45) is -4.44. The van der Waals surface area contributed by atoms with Gasteiger partial charge in [-0.2, -0.15) is 18.3 Å². The molecule has 0 saturated carbocycles. The van der Waals surface area contributed by atoms with Crippen molar-refractivity contribution in [3.63, 3.8) is 0 Å². The lowest BCUT2D eigenvalue weighted by Gasteiger charge is -2.15. The van der Waals surface area contributed by atoms with Crippen molar-refractivity contribution in [2.45, 2.75) is 38.9 Å². The van der Waals surface area contributed by atoms with E-state index in [1.165, 1.54) is 32.4 Å². The van der Waals surface area contributed by atoms with Gasteiger partial charge in [0.15, 0.2) is 0 Å². The van der Waals surface area contributed by atoms with Crippen LogP contribution in [-0.2, 0) is 16.7 Å².